The molecule has 1 saturated heterocycles. The van der Waals surface area contributed by atoms with Crippen molar-refractivity contribution in [3.63, 3.8) is 0 Å². The van der Waals surface area contributed by atoms with Crippen LogP contribution in [0.25, 0.3) is 5.69 Å². The Morgan fingerprint density at radius 1 is 1.24 bits per heavy atom. The summed E-state index contributed by atoms with van der Waals surface area (Å²) in [6.45, 7) is 1.92. The second-order valence-corrected chi connectivity index (χ2v) is 11.3. The van der Waals surface area contributed by atoms with Crippen molar-refractivity contribution in [1.29, 1.82) is 0 Å². The average molecular weight is 490 g/mol. The van der Waals surface area contributed by atoms with E-state index < -0.39 is 27.1 Å². The number of carboxylic acids is 1. The Morgan fingerprint density at radius 3 is 2.64 bits per heavy atom. The number of sulfone groups is 1. The zero-order chi connectivity index (χ0) is 23.3. The van der Waals surface area contributed by atoms with E-state index in [1.54, 1.807) is 40.2 Å². The molecule has 0 bridgehead atoms. The van der Waals surface area contributed by atoms with E-state index in [2.05, 4.69) is 10.2 Å². The lowest BCUT2D eigenvalue weighted by Crippen LogP contribution is -2.38. The fourth-order valence-corrected chi connectivity index (χ4v) is 6.83. The van der Waals surface area contributed by atoms with Crippen molar-refractivity contribution in [1.82, 2.24) is 19.6 Å². The summed E-state index contributed by atoms with van der Waals surface area (Å²) < 4.78 is 30.5. The quantitative estimate of drug-likeness (QED) is 0.565. The lowest BCUT2D eigenvalue weighted by molar-refractivity contribution is -0.138. The first-order chi connectivity index (χ1) is 15.8. The molecule has 33 heavy (non-hydrogen) atoms. The summed E-state index contributed by atoms with van der Waals surface area (Å²) in [5, 5.41) is 17.8. The molecule has 2 atom stereocenters. The molecule has 2 aromatic heterocycles. The van der Waals surface area contributed by atoms with Crippen LogP contribution in [0.2, 0.25) is 5.02 Å². The monoisotopic (exact) mass is 489 g/mol. The molecule has 2 fully saturated rings. The zero-order valence-electron chi connectivity index (χ0n) is 18.0. The van der Waals surface area contributed by atoms with Gasteiger partial charge in [0.25, 0.3) is 0 Å². The Hall–Kier alpha value is -2.85. The van der Waals surface area contributed by atoms with Crippen LogP contribution >= 0.6 is 11.6 Å². The molecule has 0 unspecified atom stereocenters. The van der Waals surface area contributed by atoms with Gasteiger partial charge in [0.05, 0.1) is 32.6 Å². The molecule has 1 aliphatic carbocycles. The fourth-order valence-electron chi connectivity index (χ4n) is 4.59. The first kappa shape index (κ1) is 22.0. The highest BCUT2D eigenvalue weighted by atomic mass is 35.5. The van der Waals surface area contributed by atoms with Crippen molar-refractivity contribution in [3.05, 3.63) is 53.4 Å². The third kappa shape index (κ3) is 3.80. The molecule has 1 aromatic carbocycles. The molecule has 1 aliphatic heterocycles. The summed E-state index contributed by atoms with van der Waals surface area (Å²) in [6, 6.07) is 7.53. The molecule has 174 valence electrons. The highest BCUT2D eigenvalue weighted by Crippen LogP contribution is 2.39. The van der Waals surface area contributed by atoms with Gasteiger partial charge in [0, 0.05) is 25.0 Å². The number of anilines is 1. The number of carbonyl (C=O) groups is 1. The number of carboxylic acid groups (broad SMARTS) is 1. The molecule has 2 aliphatic rings. The number of halogens is 1. The van der Waals surface area contributed by atoms with Crippen molar-refractivity contribution in [2.75, 3.05) is 11.4 Å². The maximum atomic E-state index is 13.5. The van der Waals surface area contributed by atoms with E-state index in [4.69, 9.17) is 11.6 Å². The van der Waals surface area contributed by atoms with E-state index in [1.807, 2.05) is 17.7 Å². The van der Waals surface area contributed by atoms with Crippen LogP contribution in [0.1, 0.15) is 37.4 Å². The van der Waals surface area contributed by atoms with E-state index in [9.17, 15) is 18.3 Å². The minimum Gasteiger partial charge on any atom is -0.480 e. The Kier molecular flexibility index (Phi) is 5.44. The number of nitrogens with zero attached hydrogens (tertiary/aromatic N) is 5. The SMILES string of the molecule is Cc1cc(N2C[C@H](S(=O)(=O)c3ccc(-n4cccn4)cc3Cl)C[C@H]2C(=O)O)n(C2CCC2)n1. The number of benzene rings is 1. The third-order valence-electron chi connectivity index (χ3n) is 6.53. The van der Waals surface area contributed by atoms with Crippen molar-refractivity contribution < 1.29 is 18.3 Å². The molecule has 3 heterocycles. The Labute approximate surface area is 196 Å². The zero-order valence-corrected chi connectivity index (χ0v) is 19.6. The van der Waals surface area contributed by atoms with Crippen molar-refractivity contribution >= 4 is 33.2 Å². The van der Waals surface area contributed by atoms with Crippen LogP contribution in [0.4, 0.5) is 5.82 Å². The number of rotatable bonds is 6. The van der Waals surface area contributed by atoms with Gasteiger partial charge in [0.2, 0.25) is 0 Å². The Morgan fingerprint density at radius 2 is 2.03 bits per heavy atom. The molecule has 11 heteroatoms. The van der Waals surface area contributed by atoms with Gasteiger partial charge < -0.3 is 10.0 Å². The number of hydrogen-bond donors (Lipinski definition) is 1. The lowest BCUT2D eigenvalue weighted by Gasteiger charge is -2.31. The van der Waals surface area contributed by atoms with Crippen LogP contribution in [0.15, 0.2) is 47.6 Å². The minimum atomic E-state index is -3.88. The van der Waals surface area contributed by atoms with E-state index >= 15 is 0 Å². The Bertz CT molecular complexity index is 1300. The van der Waals surface area contributed by atoms with Gasteiger partial charge in [-0.1, -0.05) is 11.6 Å². The molecule has 9 nitrogen and oxygen atoms in total. The third-order valence-corrected chi connectivity index (χ3v) is 9.14. The molecule has 5 rings (SSSR count). The lowest BCUT2D eigenvalue weighted by atomic mass is 9.93. The number of hydrogen-bond acceptors (Lipinski definition) is 6. The summed E-state index contributed by atoms with van der Waals surface area (Å²) >= 11 is 6.39. The maximum absolute atomic E-state index is 13.5. The summed E-state index contributed by atoms with van der Waals surface area (Å²) in [7, 11) is -3.88. The standard InChI is InChI=1S/C22H24ClN5O4S/c1-14-10-21(28(25-14)15-4-2-5-15)26-13-17(12-19(26)22(29)30)33(31,32)20-7-6-16(11-18(20)23)27-9-3-8-24-27/h3,6-11,15,17,19H,2,4-5,12-13H2,1H3,(H,29,30)/t17-,19+/m1/s1. The molecule has 3 aromatic rings. The fraction of sp³-hybridized carbons (Fsp3) is 0.409. The molecular formula is C22H24ClN5O4S. The minimum absolute atomic E-state index is 0.000238. The van der Waals surface area contributed by atoms with Crippen LogP contribution in [0.5, 0.6) is 0 Å². The predicted molar refractivity (Wildman–Crippen MR) is 123 cm³/mol. The van der Waals surface area contributed by atoms with Crippen molar-refractivity contribution in [3.8, 4) is 5.69 Å². The van der Waals surface area contributed by atoms with Crippen LogP contribution < -0.4 is 4.90 Å². The second kappa shape index (κ2) is 8.18. The maximum Gasteiger partial charge on any atom is 0.326 e. The summed E-state index contributed by atoms with van der Waals surface area (Å²) in [5.74, 6) is -0.380. The molecule has 0 radical (unpaired) electrons. The van der Waals surface area contributed by atoms with Crippen LogP contribution in [-0.2, 0) is 14.6 Å². The van der Waals surface area contributed by atoms with Crippen molar-refractivity contribution in [2.45, 2.75) is 54.8 Å². The summed E-state index contributed by atoms with van der Waals surface area (Å²) in [6.07, 6.45) is 6.41. The molecular weight excluding hydrogens is 466 g/mol. The predicted octanol–water partition coefficient (Wildman–Crippen LogP) is 3.26. The van der Waals surface area contributed by atoms with Gasteiger partial charge in [-0.25, -0.2) is 22.6 Å². The van der Waals surface area contributed by atoms with Gasteiger partial charge in [-0.05, 0) is 56.9 Å². The first-order valence-electron chi connectivity index (χ1n) is 10.8. The summed E-state index contributed by atoms with van der Waals surface area (Å²) in [4.78, 5) is 13.8. The van der Waals surface area contributed by atoms with E-state index in [0.29, 0.717) is 11.5 Å². The van der Waals surface area contributed by atoms with E-state index in [0.717, 1.165) is 25.0 Å². The topological polar surface area (TPSA) is 110 Å². The van der Waals surface area contributed by atoms with Gasteiger partial charge in [-0.15, -0.1) is 0 Å². The van der Waals surface area contributed by atoms with E-state index in [1.165, 1.54) is 6.07 Å². The Balaban J connectivity index is 1.47. The van der Waals surface area contributed by atoms with Gasteiger partial charge in [0.15, 0.2) is 9.84 Å². The van der Waals surface area contributed by atoms with Gasteiger partial charge in [-0.2, -0.15) is 10.2 Å². The van der Waals surface area contributed by atoms with Gasteiger partial charge in [0.1, 0.15) is 11.9 Å². The molecule has 1 N–H and O–H groups in total. The molecule has 0 spiro atoms. The smallest absolute Gasteiger partial charge is 0.326 e. The molecule has 1 saturated carbocycles. The van der Waals surface area contributed by atoms with E-state index in [-0.39, 0.29) is 28.9 Å². The highest BCUT2D eigenvalue weighted by Gasteiger charge is 2.45. The first-order valence-corrected chi connectivity index (χ1v) is 12.8. The largest absolute Gasteiger partial charge is 0.480 e. The molecule has 0 amide bonds. The normalized spacial score (nSPS) is 21.3. The van der Waals surface area contributed by atoms with Gasteiger partial charge in [-0.3, -0.25) is 0 Å². The highest BCUT2D eigenvalue weighted by molar-refractivity contribution is 7.92. The van der Waals surface area contributed by atoms with Crippen LogP contribution in [-0.4, -0.2) is 56.9 Å². The second-order valence-electron chi connectivity index (χ2n) is 8.65. The summed E-state index contributed by atoms with van der Waals surface area (Å²) in [5.41, 5.74) is 1.42. The number of aliphatic carboxylic acids is 1. The van der Waals surface area contributed by atoms with Crippen molar-refractivity contribution in [2.24, 2.45) is 0 Å². The van der Waals surface area contributed by atoms with Crippen LogP contribution in [0, 0.1) is 6.92 Å². The van der Waals surface area contributed by atoms with Gasteiger partial charge >= 0.3 is 5.97 Å². The average Bonchev–Trinajstić information content (AvgIpc) is 3.46. The number of aryl methyl sites for hydroxylation is 1. The number of aromatic nitrogens is 4. The van der Waals surface area contributed by atoms with Crippen LogP contribution in [0.3, 0.4) is 0 Å².